The lowest BCUT2D eigenvalue weighted by atomic mass is 9.95. The Kier molecular flexibility index (Phi) is 4.92. The van der Waals surface area contributed by atoms with Gasteiger partial charge in [-0.2, -0.15) is 0 Å². The van der Waals surface area contributed by atoms with Crippen molar-refractivity contribution in [1.29, 1.82) is 0 Å². The number of rotatable bonds is 2. The Morgan fingerprint density at radius 1 is 1.17 bits per heavy atom. The Bertz CT molecular complexity index is 1070. The summed E-state index contributed by atoms with van der Waals surface area (Å²) in [7, 11) is 0. The van der Waals surface area contributed by atoms with Crippen LogP contribution in [0.15, 0.2) is 47.5 Å². The number of nitrogens with one attached hydrogen (secondary N) is 1. The summed E-state index contributed by atoms with van der Waals surface area (Å²) in [5.41, 5.74) is 4.86. The Morgan fingerprint density at radius 3 is 2.90 bits per heavy atom. The van der Waals surface area contributed by atoms with Crippen molar-refractivity contribution in [3.63, 3.8) is 0 Å². The van der Waals surface area contributed by atoms with Gasteiger partial charge in [-0.05, 0) is 74.8 Å². The van der Waals surface area contributed by atoms with Gasteiger partial charge in [0.05, 0.1) is 12.6 Å². The molecule has 0 saturated heterocycles. The first kappa shape index (κ1) is 18.8. The van der Waals surface area contributed by atoms with E-state index in [1.807, 2.05) is 40.7 Å². The van der Waals surface area contributed by atoms with Gasteiger partial charge >= 0.3 is 6.03 Å². The molecule has 0 bridgehead atoms. The summed E-state index contributed by atoms with van der Waals surface area (Å²) >= 11 is 3.61. The van der Waals surface area contributed by atoms with E-state index in [0.717, 1.165) is 17.0 Å². The predicted molar refractivity (Wildman–Crippen MR) is 121 cm³/mol. The van der Waals surface area contributed by atoms with E-state index in [-0.39, 0.29) is 12.1 Å². The summed E-state index contributed by atoms with van der Waals surface area (Å²) in [4.78, 5) is 18.0. The zero-order valence-electron chi connectivity index (χ0n) is 16.8. The molecule has 1 N–H and O–H groups in total. The number of carbonyl (C=O) groups is 1. The molecular formula is C23H25N3OS2. The predicted octanol–water partition coefficient (Wildman–Crippen LogP) is 6.25. The van der Waals surface area contributed by atoms with Crippen LogP contribution in [0.5, 0.6) is 0 Å². The number of nitrogens with zero attached hydrogens (tertiary/aromatic N) is 2. The van der Waals surface area contributed by atoms with Gasteiger partial charge in [0.2, 0.25) is 0 Å². The maximum atomic E-state index is 13.4. The fraction of sp³-hybridized carbons (Fsp3) is 0.348. The van der Waals surface area contributed by atoms with E-state index >= 15 is 0 Å². The Balaban J connectivity index is 1.52. The number of hydrogen-bond acceptors (Lipinski definition) is 3. The first-order chi connectivity index (χ1) is 14.2. The molecular weight excluding hydrogens is 398 g/mol. The quantitative estimate of drug-likeness (QED) is 0.495. The summed E-state index contributed by atoms with van der Waals surface area (Å²) in [5, 5.41) is 4.45. The molecule has 3 heterocycles. The van der Waals surface area contributed by atoms with E-state index in [4.69, 9.17) is 0 Å². The molecule has 0 saturated carbocycles. The minimum absolute atomic E-state index is 0.00701. The first-order valence-electron chi connectivity index (χ1n) is 10.2. The molecule has 6 heteroatoms. The Labute approximate surface area is 179 Å². The third kappa shape index (κ3) is 3.28. The Hall–Kier alpha value is -2.18. The summed E-state index contributed by atoms with van der Waals surface area (Å²) < 4.78 is 2.31. The van der Waals surface area contributed by atoms with Gasteiger partial charge in [0.25, 0.3) is 0 Å². The minimum atomic E-state index is -0.0351. The zero-order chi connectivity index (χ0) is 20.0. The van der Waals surface area contributed by atoms with E-state index in [9.17, 15) is 4.79 Å². The summed E-state index contributed by atoms with van der Waals surface area (Å²) in [6, 6.07) is 12.3. The molecule has 1 aliphatic carbocycles. The number of benzene rings is 1. The highest BCUT2D eigenvalue weighted by Gasteiger charge is 2.32. The largest absolute Gasteiger partial charge is 0.322 e. The molecule has 4 nitrogen and oxygen atoms in total. The van der Waals surface area contributed by atoms with Gasteiger partial charge < -0.3 is 14.8 Å². The van der Waals surface area contributed by atoms with Crippen molar-refractivity contribution >= 4 is 34.8 Å². The standard InChI is InChI=1S/C23H25N3OS2/c1-15-20-10-6-12-25(20)22-19(18-9-3-4-11-21(18)29-22)14-26(15)23(27)24-16-7-5-8-17(13-16)28-2/h5-8,10,12-13,15H,3-4,9,11,14H2,1-2H3,(H,24,27)/t15-/m1/s1. The SMILES string of the molecule is CSc1cccc(NC(=O)N2Cc3c(sc4c3CCCC4)-n3cccc3[C@H]2C)c1. The van der Waals surface area contributed by atoms with Crippen LogP contribution < -0.4 is 5.32 Å². The van der Waals surface area contributed by atoms with Crippen molar-refractivity contribution in [3.8, 4) is 5.00 Å². The maximum absolute atomic E-state index is 13.4. The number of thiophene rings is 1. The molecule has 1 aromatic carbocycles. The van der Waals surface area contributed by atoms with Crippen LogP contribution in [0.3, 0.4) is 0 Å². The Morgan fingerprint density at radius 2 is 2.03 bits per heavy atom. The molecule has 3 aromatic rings. The van der Waals surface area contributed by atoms with Crippen molar-refractivity contribution in [2.45, 2.75) is 50.1 Å². The fourth-order valence-electron chi connectivity index (χ4n) is 4.50. The number of urea groups is 1. The maximum Gasteiger partial charge on any atom is 0.322 e. The summed E-state index contributed by atoms with van der Waals surface area (Å²) in [5.74, 6) is 0. The van der Waals surface area contributed by atoms with Crippen LogP contribution in [-0.4, -0.2) is 21.8 Å². The van der Waals surface area contributed by atoms with Crippen molar-refractivity contribution in [3.05, 3.63) is 64.3 Å². The minimum Gasteiger partial charge on any atom is -0.312 e. The second kappa shape index (κ2) is 7.58. The lowest BCUT2D eigenvalue weighted by molar-refractivity contribution is 0.189. The van der Waals surface area contributed by atoms with Crippen LogP contribution in [-0.2, 0) is 19.4 Å². The summed E-state index contributed by atoms with van der Waals surface area (Å²) in [6.07, 6.45) is 9.03. The zero-order valence-corrected chi connectivity index (χ0v) is 18.4. The topological polar surface area (TPSA) is 37.3 Å². The number of thioether (sulfide) groups is 1. The lowest BCUT2D eigenvalue weighted by Gasteiger charge is -2.28. The van der Waals surface area contributed by atoms with Gasteiger partial charge in [-0.3, -0.25) is 0 Å². The number of amides is 2. The fourth-order valence-corrected chi connectivity index (χ4v) is 6.37. The number of carbonyl (C=O) groups excluding carboxylic acids is 1. The second-order valence-corrected chi connectivity index (χ2v) is 9.73. The third-order valence-electron chi connectivity index (χ3n) is 6.06. The van der Waals surface area contributed by atoms with Gasteiger partial charge in [0.15, 0.2) is 0 Å². The molecule has 5 rings (SSSR count). The van der Waals surface area contributed by atoms with Crippen LogP contribution in [0, 0.1) is 0 Å². The normalized spacial score (nSPS) is 17.9. The number of aromatic nitrogens is 1. The van der Waals surface area contributed by atoms with Crippen molar-refractivity contribution < 1.29 is 4.79 Å². The lowest BCUT2D eigenvalue weighted by Crippen LogP contribution is -2.36. The first-order valence-corrected chi connectivity index (χ1v) is 12.2. The monoisotopic (exact) mass is 423 g/mol. The number of anilines is 1. The highest BCUT2D eigenvalue weighted by Crippen LogP contribution is 2.42. The smallest absolute Gasteiger partial charge is 0.312 e. The van der Waals surface area contributed by atoms with E-state index in [1.165, 1.54) is 46.0 Å². The molecule has 29 heavy (non-hydrogen) atoms. The van der Waals surface area contributed by atoms with E-state index in [2.05, 4.69) is 41.2 Å². The van der Waals surface area contributed by atoms with Crippen LogP contribution in [0.4, 0.5) is 10.5 Å². The van der Waals surface area contributed by atoms with E-state index in [0.29, 0.717) is 6.54 Å². The molecule has 150 valence electrons. The molecule has 2 aromatic heterocycles. The van der Waals surface area contributed by atoms with Crippen molar-refractivity contribution in [2.75, 3.05) is 11.6 Å². The summed E-state index contributed by atoms with van der Waals surface area (Å²) in [6.45, 7) is 2.80. The number of hydrogen-bond donors (Lipinski definition) is 1. The molecule has 2 amide bonds. The van der Waals surface area contributed by atoms with Crippen LogP contribution in [0.2, 0.25) is 0 Å². The molecule has 0 radical (unpaired) electrons. The van der Waals surface area contributed by atoms with Crippen molar-refractivity contribution in [2.24, 2.45) is 0 Å². The molecule has 1 aliphatic heterocycles. The molecule has 0 unspecified atom stereocenters. The number of fused-ring (bicyclic) bond motifs is 5. The highest BCUT2D eigenvalue weighted by molar-refractivity contribution is 7.98. The van der Waals surface area contributed by atoms with Gasteiger partial charge in [-0.1, -0.05) is 6.07 Å². The average Bonchev–Trinajstić information content (AvgIpc) is 3.34. The van der Waals surface area contributed by atoms with Crippen LogP contribution in [0.1, 0.15) is 47.5 Å². The van der Waals surface area contributed by atoms with Gasteiger partial charge in [0.1, 0.15) is 5.00 Å². The third-order valence-corrected chi connectivity index (χ3v) is 8.12. The highest BCUT2D eigenvalue weighted by atomic mass is 32.2. The molecule has 2 aliphatic rings. The van der Waals surface area contributed by atoms with Gasteiger partial charge in [-0.25, -0.2) is 4.79 Å². The number of aryl methyl sites for hydroxylation is 1. The van der Waals surface area contributed by atoms with Gasteiger partial charge in [-0.15, -0.1) is 23.1 Å². The second-order valence-electron chi connectivity index (χ2n) is 7.76. The van der Waals surface area contributed by atoms with E-state index < -0.39 is 0 Å². The average molecular weight is 424 g/mol. The van der Waals surface area contributed by atoms with E-state index in [1.54, 1.807) is 11.8 Å². The molecule has 1 atom stereocenters. The van der Waals surface area contributed by atoms with Crippen LogP contribution >= 0.6 is 23.1 Å². The van der Waals surface area contributed by atoms with Gasteiger partial charge in [0, 0.05) is 32.9 Å². The van der Waals surface area contributed by atoms with Crippen molar-refractivity contribution in [1.82, 2.24) is 9.47 Å². The molecule has 0 fully saturated rings. The van der Waals surface area contributed by atoms with Crippen LogP contribution in [0.25, 0.3) is 5.00 Å². The molecule has 0 spiro atoms.